The first-order valence-electron chi connectivity index (χ1n) is 6.02. The molecule has 3 rings (SSSR count). The molecule has 2 heterocycles. The molecule has 0 spiro atoms. The van der Waals surface area contributed by atoms with Crippen LogP contribution in [-0.4, -0.2) is 23.0 Å². The quantitative estimate of drug-likeness (QED) is 0.686. The van der Waals surface area contributed by atoms with Gasteiger partial charge in [0.2, 0.25) is 0 Å². The van der Waals surface area contributed by atoms with Gasteiger partial charge in [0.25, 0.3) is 0 Å². The second-order valence-corrected chi connectivity index (χ2v) is 6.94. The molecule has 9 heteroatoms. The van der Waals surface area contributed by atoms with Gasteiger partial charge in [-0.25, -0.2) is 26.7 Å². The fourth-order valence-electron chi connectivity index (χ4n) is 2.08. The third-order valence-corrected chi connectivity index (χ3v) is 4.89. The summed E-state index contributed by atoms with van der Waals surface area (Å²) >= 11 is 5.90. The maximum absolute atomic E-state index is 13.7. The lowest BCUT2D eigenvalue weighted by molar-refractivity contribution is 0.549. The van der Waals surface area contributed by atoms with Gasteiger partial charge in [-0.05, 0) is 18.2 Å². The zero-order valence-electron chi connectivity index (χ0n) is 10.9. The Labute approximate surface area is 129 Å². The van der Waals surface area contributed by atoms with E-state index in [1.165, 1.54) is 23.1 Å². The molecule has 5 nitrogen and oxygen atoms in total. The maximum atomic E-state index is 13.7. The number of nitrogens with zero attached hydrogens (tertiary/aromatic N) is 3. The summed E-state index contributed by atoms with van der Waals surface area (Å²) in [5, 5.41) is 4.14. The second-order valence-electron chi connectivity index (χ2n) is 4.55. The molecule has 22 heavy (non-hydrogen) atoms. The molecule has 0 unspecified atom stereocenters. The number of pyridine rings is 1. The Kier molecular flexibility index (Phi) is 3.57. The predicted molar refractivity (Wildman–Crippen MR) is 75.2 cm³/mol. The van der Waals surface area contributed by atoms with E-state index in [2.05, 4.69) is 10.1 Å². The smallest absolute Gasteiger partial charge is 0.185 e. The highest BCUT2D eigenvalue weighted by Gasteiger charge is 2.22. The molecule has 0 fully saturated rings. The van der Waals surface area contributed by atoms with Crippen molar-refractivity contribution in [2.75, 3.05) is 0 Å². The van der Waals surface area contributed by atoms with E-state index in [4.69, 9.17) is 11.6 Å². The average Bonchev–Trinajstić information content (AvgIpc) is 2.85. The number of rotatable bonds is 3. The van der Waals surface area contributed by atoms with E-state index in [-0.39, 0.29) is 10.6 Å². The van der Waals surface area contributed by atoms with Gasteiger partial charge >= 0.3 is 0 Å². The highest BCUT2D eigenvalue weighted by atomic mass is 35.5. The molecule has 0 saturated heterocycles. The number of benzene rings is 1. The van der Waals surface area contributed by atoms with Crippen LogP contribution in [0.3, 0.4) is 0 Å². The number of hydrogen-bond acceptors (Lipinski definition) is 4. The van der Waals surface area contributed by atoms with Crippen molar-refractivity contribution in [3.05, 3.63) is 59.0 Å². The predicted octanol–water partition coefficient (Wildman–Crippen LogP) is 2.63. The highest BCUT2D eigenvalue weighted by molar-refractivity contribution is 7.90. The van der Waals surface area contributed by atoms with E-state index in [0.29, 0.717) is 11.7 Å². The van der Waals surface area contributed by atoms with Gasteiger partial charge in [0.05, 0.1) is 10.8 Å². The Hall–Kier alpha value is -2.06. The van der Waals surface area contributed by atoms with Crippen molar-refractivity contribution in [1.82, 2.24) is 14.6 Å². The van der Waals surface area contributed by atoms with Crippen molar-refractivity contribution >= 4 is 27.1 Å². The molecule has 0 saturated carbocycles. The zero-order valence-corrected chi connectivity index (χ0v) is 12.4. The lowest BCUT2D eigenvalue weighted by Crippen LogP contribution is -2.09. The Morgan fingerprint density at radius 2 is 2.00 bits per heavy atom. The van der Waals surface area contributed by atoms with Crippen LogP contribution in [0.5, 0.6) is 0 Å². The summed E-state index contributed by atoms with van der Waals surface area (Å²) in [6, 6.07) is 3.73. The van der Waals surface area contributed by atoms with Crippen molar-refractivity contribution in [3.8, 4) is 0 Å². The van der Waals surface area contributed by atoms with Crippen LogP contribution in [0.15, 0.2) is 41.7 Å². The van der Waals surface area contributed by atoms with Crippen LogP contribution >= 0.6 is 11.6 Å². The molecular weight excluding hydrogens is 336 g/mol. The minimum atomic E-state index is -4.03. The fourth-order valence-corrected chi connectivity index (χ4v) is 3.71. The van der Waals surface area contributed by atoms with E-state index in [1.807, 2.05) is 0 Å². The molecule has 2 aromatic heterocycles. The van der Waals surface area contributed by atoms with Crippen molar-refractivity contribution < 1.29 is 17.2 Å². The first kappa shape index (κ1) is 14.9. The van der Waals surface area contributed by atoms with Crippen molar-refractivity contribution in [1.29, 1.82) is 0 Å². The summed E-state index contributed by atoms with van der Waals surface area (Å²) in [7, 11) is -4.03. The van der Waals surface area contributed by atoms with Crippen LogP contribution in [0, 0.1) is 11.6 Å². The Morgan fingerprint density at radius 1 is 1.23 bits per heavy atom. The van der Waals surface area contributed by atoms with Crippen LogP contribution < -0.4 is 0 Å². The molecule has 0 aliphatic heterocycles. The monoisotopic (exact) mass is 343 g/mol. The third-order valence-electron chi connectivity index (χ3n) is 2.99. The number of fused-ring (bicyclic) bond motifs is 1. The SMILES string of the molecule is O=S(=O)(Cc1cc(Cl)cn2ncnc12)c1ccc(F)cc1F. The molecule has 0 aliphatic rings. The molecule has 0 atom stereocenters. The van der Waals surface area contributed by atoms with E-state index >= 15 is 0 Å². The first-order chi connectivity index (χ1) is 10.4. The van der Waals surface area contributed by atoms with Gasteiger partial charge in [-0.2, -0.15) is 5.10 Å². The van der Waals surface area contributed by atoms with Gasteiger partial charge in [-0.3, -0.25) is 0 Å². The Balaban J connectivity index is 2.08. The second kappa shape index (κ2) is 5.29. The number of sulfone groups is 1. The lowest BCUT2D eigenvalue weighted by Gasteiger charge is -2.07. The normalized spacial score (nSPS) is 12.0. The molecule has 114 valence electrons. The Morgan fingerprint density at radius 3 is 2.73 bits per heavy atom. The van der Waals surface area contributed by atoms with Crippen LogP contribution in [-0.2, 0) is 15.6 Å². The zero-order chi connectivity index (χ0) is 15.9. The third kappa shape index (κ3) is 2.67. The van der Waals surface area contributed by atoms with E-state index in [1.54, 1.807) is 0 Å². The molecule has 0 bridgehead atoms. The standard InChI is InChI=1S/C13H8ClF2N3O2S/c14-9-3-8(13-17-7-18-19(13)5-9)6-22(20,21)12-2-1-10(15)4-11(12)16/h1-5,7H,6H2. The molecule has 0 N–H and O–H groups in total. The Bertz CT molecular complexity index is 973. The van der Waals surface area contributed by atoms with Crippen LogP contribution in [0.4, 0.5) is 8.78 Å². The largest absolute Gasteiger partial charge is 0.223 e. The van der Waals surface area contributed by atoms with Gasteiger partial charge in [-0.1, -0.05) is 11.6 Å². The summed E-state index contributed by atoms with van der Waals surface area (Å²) in [6.07, 6.45) is 2.72. The molecule has 0 radical (unpaired) electrons. The van der Waals surface area contributed by atoms with E-state index < -0.39 is 32.1 Å². The van der Waals surface area contributed by atoms with Gasteiger partial charge in [-0.15, -0.1) is 0 Å². The topological polar surface area (TPSA) is 64.3 Å². The van der Waals surface area contributed by atoms with Gasteiger partial charge < -0.3 is 0 Å². The molecule has 1 aromatic carbocycles. The van der Waals surface area contributed by atoms with Crippen LogP contribution in [0.1, 0.15) is 5.56 Å². The van der Waals surface area contributed by atoms with Crippen LogP contribution in [0.2, 0.25) is 5.02 Å². The molecule has 0 amide bonds. The van der Waals surface area contributed by atoms with Gasteiger partial charge in [0.1, 0.15) is 22.9 Å². The molecule has 0 aliphatic carbocycles. The fraction of sp³-hybridized carbons (Fsp3) is 0.0769. The maximum Gasteiger partial charge on any atom is 0.185 e. The number of halogens is 3. The summed E-state index contributed by atoms with van der Waals surface area (Å²) < 4.78 is 52.6. The van der Waals surface area contributed by atoms with Gasteiger partial charge in [0.15, 0.2) is 15.5 Å². The van der Waals surface area contributed by atoms with E-state index in [9.17, 15) is 17.2 Å². The van der Waals surface area contributed by atoms with Crippen molar-refractivity contribution in [3.63, 3.8) is 0 Å². The molecular formula is C13H8ClF2N3O2S. The summed E-state index contributed by atoms with van der Waals surface area (Å²) in [5.41, 5.74) is 0.573. The van der Waals surface area contributed by atoms with Crippen LogP contribution in [0.25, 0.3) is 5.65 Å². The van der Waals surface area contributed by atoms with Gasteiger partial charge in [0, 0.05) is 17.8 Å². The minimum absolute atomic E-state index is 0.266. The van der Waals surface area contributed by atoms with E-state index in [0.717, 1.165) is 12.1 Å². The van der Waals surface area contributed by atoms with Crippen molar-refractivity contribution in [2.24, 2.45) is 0 Å². The minimum Gasteiger partial charge on any atom is -0.223 e. The summed E-state index contributed by atoms with van der Waals surface area (Å²) in [6.45, 7) is 0. The average molecular weight is 344 g/mol. The lowest BCUT2D eigenvalue weighted by atomic mass is 10.3. The molecule has 3 aromatic rings. The summed E-state index contributed by atoms with van der Waals surface area (Å²) in [5.74, 6) is -2.52. The highest BCUT2D eigenvalue weighted by Crippen LogP contribution is 2.23. The number of hydrogen-bond donors (Lipinski definition) is 0. The number of aromatic nitrogens is 3. The summed E-state index contributed by atoms with van der Waals surface area (Å²) in [4.78, 5) is 3.37. The first-order valence-corrected chi connectivity index (χ1v) is 8.05. The van der Waals surface area contributed by atoms with Crippen molar-refractivity contribution in [2.45, 2.75) is 10.6 Å².